The summed E-state index contributed by atoms with van der Waals surface area (Å²) in [7, 11) is 0. The van der Waals surface area contributed by atoms with E-state index in [1.807, 2.05) is 0 Å². The van der Waals surface area contributed by atoms with Crippen molar-refractivity contribution in [3.63, 3.8) is 0 Å². The third kappa shape index (κ3) is 1.39. The van der Waals surface area contributed by atoms with Crippen LogP contribution in [0.25, 0.3) is 0 Å². The highest BCUT2D eigenvalue weighted by Crippen LogP contribution is 2.34. The second-order valence-electron chi connectivity index (χ2n) is 4.54. The Kier molecular flexibility index (Phi) is 2.40. The van der Waals surface area contributed by atoms with E-state index in [1.54, 1.807) is 0 Å². The number of hydrogen-bond donors (Lipinski definition) is 0. The maximum absolute atomic E-state index is 2.75. The molecule has 1 radical (unpaired) electrons. The van der Waals surface area contributed by atoms with Crippen LogP contribution >= 0.6 is 0 Å². The molecule has 2 unspecified atom stereocenters. The van der Waals surface area contributed by atoms with Crippen LogP contribution in [0.3, 0.4) is 0 Å². The molecule has 2 aliphatic heterocycles. The summed E-state index contributed by atoms with van der Waals surface area (Å²) in [6.45, 7) is 4.69. The van der Waals surface area contributed by atoms with Crippen molar-refractivity contribution in [2.24, 2.45) is 0 Å². The molecule has 2 aliphatic rings. The Morgan fingerprint density at radius 2 is 1.75 bits per heavy atom. The van der Waals surface area contributed by atoms with E-state index >= 15 is 0 Å². The van der Waals surface area contributed by atoms with Crippen molar-refractivity contribution in [2.75, 3.05) is 0 Å². The van der Waals surface area contributed by atoms with Crippen LogP contribution in [0.2, 0.25) is 0 Å². The summed E-state index contributed by atoms with van der Waals surface area (Å²) in [5.41, 5.74) is 0. The minimum Gasteiger partial charge on any atom is -0.295 e. The van der Waals surface area contributed by atoms with Gasteiger partial charge < -0.3 is 0 Å². The van der Waals surface area contributed by atoms with Gasteiger partial charge in [0, 0.05) is 18.1 Å². The predicted molar refractivity (Wildman–Crippen MR) is 51.9 cm³/mol. The van der Waals surface area contributed by atoms with E-state index in [9.17, 15) is 0 Å². The molecule has 0 N–H and O–H groups in total. The molecule has 2 bridgehead atoms. The van der Waals surface area contributed by atoms with E-state index in [1.165, 1.54) is 32.1 Å². The fourth-order valence-corrected chi connectivity index (χ4v) is 2.99. The van der Waals surface area contributed by atoms with Crippen LogP contribution in [-0.2, 0) is 0 Å². The lowest BCUT2D eigenvalue weighted by Crippen LogP contribution is -2.52. The molecule has 2 rings (SSSR count). The first-order chi connectivity index (χ1) is 5.79. The fourth-order valence-electron chi connectivity index (χ4n) is 2.99. The SMILES string of the molecule is CC(C)N1C2C[CH]CC1CCC2. The van der Waals surface area contributed by atoms with Gasteiger partial charge in [0.15, 0.2) is 0 Å². The number of nitrogens with zero attached hydrogens (tertiary/aromatic N) is 1. The smallest absolute Gasteiger partial charge is 0.0104 e. The molecular formula is C11H20N. The normalized spacial score (nSPS) is 37.2. The molecule has 12 heavy (non-hydrogen) atoms. The third-order valence-electron chi connectivity index (χ3n) is 3.39. The number of hydrogen-bond acceptors (Lipinski definition) is 1. The van der Waals surface area contributed by atoms with Gasteiger partial charge in [-0.05, 0) is 46.0 Å². The van der Waals surface area contributed by atoms with Gasteiger partial charge in [-0.25, -0.2) is 0 Å². The van der Waals surface area contributed by atoms with Gasteiger partial charge in [-0.3, -0.25) is 4.90 Å². The molecule has 69 valence electrons. The van der Waals surface area contributed by atoms with Crippen LogP contribution in [0.5, 0.6) is 0 Å². The molecule has 1 nitrogen and oxygen atoms in total. The summed E-state index contributed by atoms with van der Waals surface area (Å²) in [6.07, 6.45) is 9.53. The first-order valence-corrected chi connectivity index (χ1v) is 5.38. The van der Waals surface area contributed by atoms with Crippen molar-refractivity contribution in [1.82, 2.24) is 4.90 Å². The standard InChI is InChI=1S/C11H20N/c1-9(2)12-10-5-3-6-11(12)8-4-7-10/h3,9-11H,4-8H2,1-2H3. The summed E-state index contributed by atoms with van der Waals surface area (Å²) < 4.78 is 0. The van der Waals surface area contributed by atoms with Gasteiger partial charge >= 0.3 is 0 Å². The van der Waals surface area contributed by atoms with Crippen molar-refractivity contribution in [2.45, 2.75) is 64.1 Å². The molecule has 1 heteroatoms. The van der Waals surface area contributed by atoms with Crippen molar-refractivity contribution < 1.29 is 0 Å². The van der Waals surface area contributed by atoms with Gasteiger partial charge in [0.25, 0.3) is 0 Å². The molecule has 2 heterocycles. The van der Waals surface area contributed by atoms with Crippen molar-refractivity contribution in [3.8, 4) is 0 Å². The number of piperidine rings is 2. The Morgan fingerprint density at radius 3 is 2.17 bits per heavy atom. The lowest BCUT2D eigenvalue weighted by molar-refractivity contribution is 0.0308. The summed E-state index contributed by atoms with van der Waals surface area (Å²) in [4.78, 5) is 2.75. The van der Waals surface area contributed by atoms with Gasteiger partial charge in [0.1, 0.15) is 0 Å². The van der Waals surface area contributed by atoms with Crippen LogP contribution in [-0.4, -0.2) is 23.0 Å². The van der Waals surface area contributed by atoms with E-state index in [-0.39, 0.29) is 0 Å². The molecule has 2 saturated heterocycles. The maximum Gasteiger partial charge on any atom is 0.0104 e. The van der Waals surface area contributed by atoms with E-state index in [2.05, 4.69) is 25.2 Å². The Labute approximate surface area is 76.1 Å². The van der Waals surface area contributed by atoms with Crippen LogP contribution < -0.4 is 0 Å². The molecule has 0 spiro atoms. The Bertz CT molecular complexity index is 131. The number of rotatable bonds is 1. The monoisotopic (exact) mass is 166 g/mol. The lowest BCUT2D eigenvalue weighted by Gasteiger charge is -2.48. The van der Waals surface area contributed by atoms with E-state index < -0.39 is 0 Å². The Morgan fingerprint density at radius 1 is 1.17 bits per heavy atom. The van der Waals surface area contributed by atoms with E-state index in [0.717, 1.165) is 18.1 Å². The van der Waals surface area contributed by atoms with Crippen LogP contribution in [0, 0.1) is 6.42 Å². The fraction of sp³-hybridized carbons (Fsp3) is 0.909. The lowest BCUT2D eigenvalue weighted by atomic mass is 9.83. The van der Waals surface area contributed by atoms with Gasteiger partial charge in [-0.1, -0.05) is 6.42 Å². The van der Waals surface area contributed by atoms with Gasteiger partial charge in [0.05, 0.1) is 0 Å². The van der Waals surface area contributed by atoms with E-state index in [4.69, 9.17) is 0 Å². The molecule has 0 amide bonds. The van der Waals surface area contributed by atoms with Gasteiger partial charge in [-0.15, -0.1) is 0 Å². The van der Waals surface area contributed by atoms with Crippen molar-refractivity contribution in [3.05, 3.63) is 6.42 Å². The molecule has 0 aromatic rings. The molecule has 0 aromatic heterocycles. The molecule has 0 aromatic carbocycles. The van der Waals surface area contributed by atoms with Gasteiger partial charge in [0.2, 0.25) is 0 Å². The third-order valence-corrected chi connectivity index (χ3v) is 3.39. The van der Waals surface area contributed by atoms with Crippen molar-refractivity contribution in [1.29, 1.82) is 0 Å². The summed E-state index contributed by atoms with van der Waals surface area (Å²) >= 11 is 0. The highest BCUT2D eigenvalue weighted by Gasteiger charge is 2.34. The molecule has 2 atom stereocenters. The molecule has 0 saturated carbocycles. The average molecular weight is 166 g/mol. The average Bonchev–Trinajstić information content (AvgIpc) is 2.02. The Hall–Kier alpha value is -0.0400. The predicted octanol–water partition coefficient (Wildman–Crippen LogP) is 2.62. The Balaban J connectivity index is 2.08. The highest BCUT2D eigenvalue weighted by atomic mass is 15.2. The molecule has 0 aliphatic carbocycles. The number of fused-ring (bicyclic) bond motifs is 2. The molecular weight excluding hydrogens is 146 g/mol. The zero-order valence-corrected chi connectivity index (χ0v) is 8.29. The first kappa shape index (κ1) is 8.55. The van der Waals surface area contributed by atoms with Crippen LogP contribution in [0.1, 0.15) is 46.0 Å². The summed E-state index contributed by atoms with van der Waals surface area (Å²) in [5, 5.41) is 0. The summed E-state index contributed by atoms with van der Waals surface area (Å²) in [6, 6.07) is 2.53. The second kappa shape index (κ2) is 3.37. The van der Waals surface area contributed by atoms with Gasteiger partial charge in [-0.2, -0.15) is 0 Å². The summed E-state index contributed by atoms with van der Waals surface area (Å²) in [5.74, 6) is 0. The van der Waals surface area contributed by atoms with Crippen LogP contribution in [0.4, 0.5) is 0 Å². The minimum absolute atomic E-state index is 0.758. The zero-order chi connectivity index (χ0) is 8.55. The quantitative estimate of drug-likeness (QED) is 0.579. The zero-order valence-electron chi connectivity index (χ0n) is 8.29. The highest BCUT2D eigenvalue weighted by molar-refractivity contribution is 4.96. The van der Waals surface area contributed by atoms with Crippen LogP contribution in [0.15, 0.2) is 0 Å². The van der Waals surface area contributed by atoms with E-state index in [0.29, 0.717) is 0 Å². The first-order valence-electron chi connectivity index (χ1n) is 5.38. The topological polar surface area (TPSA) is 3.24 Å². The minimum atomic E-state index is 0.758. The second-order valence-corrected chi connectivity index (χ2v) is 4.54. The molecule has 2 fully saturated rings. The largest absolute Gasteiger partial charge is 0.295 e. The van der Waals surface area contributed by atoms with Crippen molar-refractivity contribution >= 4 is 0 Å². The maximum atomic E-state index is 2.75.